The topological polar surface area (TPSA) is 66.6 Å². The largest absolute Gasteiger partial charge is 0.455 e. The van der Waals surface area contributed by atoms with E-state index in [0.29, 0.717) is 21.6 Å². The second kappa shape index (κ2) is 8.75. The number of nitrogens with zero attached hydrogens (tertiary/aromatic N) is 1. The van der Waals surface area contributed by atoms with E-state index < -0.39 is 0 Å². The maximum atomic E-state index is 11.8. The van der Waals surface area contributed by atoms with Crippen LogP contribution in [0.5, 0.6) is 0 Å². The number of amides is 1. The lowest BCUT2D eigenvalue weighted by atomic mass is 10.2. The first-order valence-electron chi connectivity index (χ1n) is 8.19. The molecule has 0 aliphatic heterocycles. The number of rotatable bonds is 6. The van der Waals surface area contributed by atoms with Gasteiger partial charge in [0.1, 0.15) is 11.5 Å². The Labute approximate surface area is 167 Å². The van der Waals surface area contributed by atoms with Crippen molar-refractivity contribution in [2.45, 2.75) is 6.92 Å². The molecule has 0 saturated heterocycles. The van der Waals surface area contributed by atoms with Gasteiger partial charge in [-0.3, -0.25) is 4.79 Å². The summed E-state index contributed by atoms with van der Waals surface area (Å²) in [5.74, 6) is 0.870. The molecule has 0 aliphatic carbocycles. The van der Waals surface area contributed by atoms with E-state index in [-0.39, 0.29) is 12.5 Å². The molecule has 0 bridgehead atoms. The van der Waals surface area contributed by atoms with Gasteiger partial charge in [-0.05, 0) is 55.0 Å². The number of carbonyl (C=O) groups excluding carboxylic acids is 1. The number of hydrogen-bond acceptors (Lipinski definition) is 4. The zero-order valence-electron chi connectivity index (χ0n) is 14.5. The van der Waals surface area contributed by atoms with Crippen molar-refractivity contribution in [3.05, 3.63) is 76.0 Å². The lowest BCUT2D eigenvalue weighted by Gasteiger charge is -2.05. The third-order valence-electron chi connectivity index (χ3n) is 3.68. The van der Waals surface area contributed by atoms with Crippen LogP contribution in [0.15, 0.2) is 64.1 Å². The zero-order chi connectivity index (χ0) is 19.2. The average molecular weight is 402 g/mol. The van der Waals surface area contributed by atoms with Crippen LogP contribution in [0.1, 0.15) is 11.3 Å². The molecule has 0 aliphatic rings. The normalized spacial score (nSPS) is 10.9. The van der Waals surface area contributed by atoms with Crippen molar-refractivity contribution < 1.29 is 9.21 Å². The van der Waals surface area contributed by atoms with Gasteiger partial charge < -0.3 is 9.73 Å². The molecule has 2 N–H and O–H groups in total. The number of nitrogens with one attached hydrogen (secondary N) is 2. The first kappa shape index (κ1) is 19.0. The monoisotopic (exact) mass is 401 g/mol. The molecule has 1 heterocycles. The Kier molecular flexibility index (Phi) is 6.16. The number of anilines is 1. The molecule has 7 heteroatoms. The van der Waals surface area contributed by atoms with E-state index in [1.54, 1.807) is 24.3 Å². The van der Waals surface area contributed by atoms with Gasteiger partial charge in [-0.15, -0.1) is 0 Å². The summed E-state index contributed by atoms with van der Waals surface area (Å²) in [6, 6.07) is 16.6. The Bertz CT molecular complexity index is 983. The first-order chi connectivity index (χ1) is 13.0. The summed E-state index contributed by atoms with van der Waals surface area (Å²) in [6.07, 6.45) is 1.44. The molecule has 138 valence electrons. The van der Waals surface area contributed by atoms with Crippen LogP contribution in [0, 0.1) is 6.92 Å². The van der Waals surface area contributed by atoms with Gasteiger partial charge >= 0.3 is 0 Å². The summed E-state index contributed by atoms with van der Waals surface area (Å²) in [4.78, 5) is 11.8. The highest BCUT2D eigenvalue weighted by atomic mass is 35.5. The van der Waals surface area contributed by atoms with E-state index in [9.17, 15) is 4.79 Å². The predicted molar refractivity (Wildman–Crippen MR) is 110 cm³/mol. The highest BCUT2D eigenvalue weighted by Gasteiger charge is 2.06. The highest BCUT2D eigenvalue weighted by Crippen LogP contribution is 2.29. The van der Waals surface area contributed by atoms with Crippen LogP contribution in [0.2, 0.25) is 10.0 Å². The molecule has 0 fully saturated rings. The van der Waals surface area contributed by atoms with Crippen LogP contribution in [-0.4, -0.2) is 18.7 Å². The maximum absolute atomic E-state index is 11.8. The SMILES string of the molecule is Cc1cccc(NCC(=O)NN=Cc2ccc(-c3ccc(Cl)c(Cl)c3)o2)c1. The quantitative estimate of drug-likeness (QED) is 0.444. The summed E-state index contributed by atoms with van der Waals surface area (Å²) in [5, 5.41) is 7.88. The van der Waals surface area contributed by atoms with Gasteiger partial charge in [0.05, 0.1) is 22.8 Å². The van der Waals surface area contributed by atoms with Gasteiger partial charge in [-0.25, -0.2) is 5.43 Å². The second-order valence-corrected chi connectivity index (χ2v) is 6.66. The van der Waals surface area contributed by atoms with Crippen LogP contribution in [0.25, 0.3) is 11.3 Å². The Morgan fingerprint density at radius 3 is 2.74 bits per heavy atom. The Balaban J connectivity index is 1.53. The molecule has 0 unspecified atom stereocenters. The number of benzene rings is 2. The maximum Gasteiger partial charge on any atom is 0.259 e. The summed E-state index contributed by atoms with van der Waals surface area (Å²) in [7, 11) is 0. The van der Waals surface area contributed by atoms with E-state index in [1.165, 1.54) is 6.21 Å². The Morgan fingerprint density at radius 1 is 1.11 bits per heavy atom. The third kappa shape index (κ3) is 5.36. The summed E-state index contributed by atoms with van der Waals surface area (Å²) >= 11 is 11.9. The highest BCUT2D eigenvalue weighted by molar-refractivity contribution is 6.42. The van der Waals surface area contributed by atoms with Crippen LogP contribution in [0.3, 0.4) is 0 Å². The van der Waals surface area contributed by atoms with Gasteiger partial charge in [0.25, 0.3) is 5.91 Å². The van der Waals surface area contributed by atoms with Gasteiger partial charge in [0.2, 0.25) is 0 Å². The number of halogens is 2. The van der Waals surface area contributed by atoms with Crippen LogP contribution in [-0.2, 0) is 4.79 Å². The summed E-state index contributed by atoms with van der Waals surface area (Å²) in [5.41, 5.74) is 5.25. The van der Waals surface area contributed by atoms with Gasteiger partial charge in [0.15, 0.2) is 0 Å². The smallest absolute Gasteiger partial charge is 0.259 e. The number of hydrazone groups is 1. The number of carbonyl (C=O) groups is 1. The van der Waals surface area contributed by atoms with Crippen molar-refractivity contribution in [1.82, 2.24) is 5.43 Å². The molecule has 0 saturated carbocycles. The van der Waals surface area contributed by atoms with Crippen LogP contribution >= 0.6 is 23.2 Å². The van der Waals surface area contributed by atoms with Gasteiger partial charge in [-0.2, -0.15) is 5.10 Å². The molecule has 3 rings (SSSR count). The fourth-order valence-corrected chi connectivity index (χ4v) is 2.67. The van der Waals surface area contributed by atoms with E-state index in [2.05, 4.69) is 15.8 Å². The van der Waals surface area contributed by atoms with Crippen molar-refractivity contribution in [2.75, 3.05) is 11.9 Å². The minimum Gasteiger partial charge on any atom is -0.455 e. The van der Waals surface area contributed by atoms with Crippen molar-refractivity contribution in [3.63, 3.8) is 0 Å². The van der Waals surface area contributed by atoms with E-state index in [1.807, 2.05) is 37.3 Å². The molecule has 1 aromatic heterocycles. The number of hydrogen-bond donors (Lipinski definition) is 2. The molecular weight excluding hydrogens is 385 g/mol. The molecular formula is C20H17Cl2N3O2. The fraction of sp³-hybridized carbons (Fsp3) is 0.100. The van der Waals surface area contributed by atoms with Crippen LogP contribution < -0.4 is 10.7 Å². The molecule has 2 aromatic carbocycles. The molecule has 1 amide bonds. The van der Waals surface area contributed by atoms with E-state index in [0.717, 1.165) is 16.8 Å². The van der Waals surface area contributed by atoms with Crippen molar-refractivity contribution in [1.29, 1.82) is 0 Å². The lowest BCUT2D eigenvalue weighted by Crippen LogP contribution is -2.25. The average Bonchev–Trinajstić information content (AvgIpc) is 3.11. The Morgan fingerprint density at radius 2 is 1.96 bits per heavy atom. The van der Waals surface area contributed by atoms with Crippen molar-refractivity contribution >= 4 is 41.0 Å². The standard InChI is InChI=1S/C20H17Cl2N3O2/c1-13-3-2-4-15(9-13)23-12-20(26)25-24-11-16-6-8-19(27-16)14-5-7-17(21)18(22)10-14/h2-11,23H,12H2,1H3,(H,25,26). The third-order valence-corrected chi connectivity index (χ3v) is 4.42. The lowest BCUT2D eigenvalue weighted by molar-refractivity contribution is -0.119. The Hall–Kier alpha value is -2.76. The van der Waals surface area contributed by atoms with Gasteiger partial charge in [0, 0.05) is 11.3 Å². The molecule has 0 atom stereocenters. The molecule has 5 nitrogen and oxygen atoms in total. The van der Waals surface area contributed by atoms with Gasteiger partial charge in [-0.1, -0.05) is 35.3 Å². The van der Waals surface area contributed by atoms with Crippen molar-refractivity contribution in [2.24, 2.45) is 5.10 Å². The predicted octanol–water partition coefficient (Wildman–Crippen LogP) is 5.12. The molecule has 27 heavy (non-hydrogen) atoms. The van der Waals surface area contributed by atoms with Crippen molar-refractivity contribution in [3.8, 4) is 11.3 Å². The second-order valence-electron chi connectivity index (χ2n) is 5.85. The minimum absolute atomic E-state index is 0.119. The number of furan rings is 1. The number of aryl methyl sites for hydroxylation is 1. The molecule has 0 radical (unpaired) electrons. The first-order valence-corrected chi connectivity index (χ1v) is 8.94. The fourth-order valence-electron chi connectivity index (χ4n) is 2.37. The summed E-state index contributed by atoms with van der Waals surface area (Å²) in [6.45, 7) is 2.11. The minimum atomic E-state index is -0.260. The zero-order valence-corrected chi connectivity index (χ0v) is 16.0. The molecule has 0 spiro atoms. The summed E-state index contributed by atoms with van der Waals surface area (Å²) < 4.78 is 5.67. The van der Waals surface area contributed by atoms with Crippen LogP contribution in [0.4, 0.5) is 5.69 Å². The van der Waals surface area contributed by atoms with E-state index >= 15 is 0 Å². The molecule has 3 aromatic rings. The van der Waals surface area contributed by atoms with E-state index in [4.69, 9.17) is 27.6 Å².